The van der Waals surface area contributed by atoms with Gasteiger partial charge in [-0.1, -0.05) is 20.8 Å². The molecule has 1 atom stereocenters. The molecule has 1 unspecified atom stereocenters. The highest BCUT2D eigenvalue weighted by Gasteiger charge is 2.32. The molecule has 1 saturated carbocycles. The summed E-state index contributed by atoms with van der Waals surface area (Å²) in [5.41, 5.74) is 1.23. The van der Waals surface area contributed by atoms with Gasteiger partial charge in [-0.15, -0.1) is 0 Å². The second-order valence-corrected chi connectivity index (χ2v) is 6.43. The Balaban J connectivity index is 2.15. The minimum Gasteiger partial charge on any atom is -0.310 e. The molecule has 2 rings (SSSR count). The summed E-state index contributed by atoms with van der Waals surface area (Å²) >= 11 is 0. The Labute approximate surface area is 115 Å². The van der Waals surface area contributed by atoms with E-state index in [1.54, 1.807) is 6.20 Å². The zero-order valence-corrected chi connectivity index (χ0v) is 12.2. The highest BCUT2D eigenvalue weighted by Crippen LogP contribution is 2.42. The molecular weight excluding hydrogens is 239 g/mol. The highest BCUT2D eigenvalue weighted by molar-refractivity contribution is 5.18. The van der Waals surface area contributed by atoms with Crippen LogP contribution in [0.5, 0.6) is 0 Å². The van der Waals surface area contributed by atoms with Crippen molar-refractivity contribution < 1.29 is 4.39 Å². The van der Waals surface area contributed by atoms with Gasteiger partial charge in [0.2, 0.25) is 0 Å². The monoisotopic (exact) mass is 264 g/mol. The minimum atomic E-state index is -0.182. The van der Waals surface area contributed by atoms with Gasteiger partial charge in [0.15, 0.2) is 0 Å². The maximum atomic E-state index is 14.0. The van der Waals surface area contributed by atoms with E-state index in [2.05, 4.69) is 31.1 Å². The summed E-state index contributed by atoms with van der Waals surface area (Å²) in [6.45, 7) is 7.61. The molecule has 1 aliphatic rings. The van der Waals surface area contributed by atoms with Crippen LogP contribution in [0.3, 0.4) is 0 Å². The van der Waals surface area contributed by atoms with Crippen LogP contribution in [0.25, 0.3) is 0 Å². The zero-order chi connectivity index (χ0) is 13.9. The SMILES string of the molecule is CCNC(c1ccncc1F)C1CCC(C)(C)CC1. The fraction of sp³-hybridized carbons (Fsp3) is 0.688. The van der Waals surface area contributed by atoms with Crippen molar-refractivity contribution in [3.8, 4) is 0 Å². The molecule has 1 aromatic heterocycles. The fourth-order valence-electron chi connectivity index (χ4n) is 3.14. The summed E-state index contributed by atoms with van der Waals surface area (Å²) in [6.07, 6.45) is 7.82. The van der Waals surface area contributed by atoms with Crippen LogP contribution < -0.4 is 5.32 Å². The van der Waals surface area contributed by atoms with E-state index in [-0.39, 0.29) is 11.9 Å². The lowest BCUT2D eigenvalue weighted by Crippen LogP contribution is -2.33. The molecule has 1 aromatic rings. The Morgan fingerprint density at radius 2 is 2.11 bits per heavy atom. The predicted octanol–water partition coefficient (Wildman–Crippen LogP) is 4.09. The predicted molar refractivity (Wildman–Crippen MR) is 76.4 cm³/mol. The lowest BCUT2D eigenvalue weighted by Gasteiger charge is -2.38. The third-order valence-electron chi connectivity index (χ3n) is 4.42. The molecule has 1 heterocycles. The van der Waals surface area contributed by atoms with E-state index < -0.39 is 0 Å². The summed E-state index contributed by atoms with van der Waals surface area (Å²) in [6, 6.07) is 1.95. The number of hydrogen-bond acceptors (Lipinski definition) is 2. The standard InChI is InChI=1S/C16H25FN2/c1-4-19-15(13-7-10-18-11-14(13)17)12-5-8-16(2,3)9-6-12/h7,10-12,15,19H,4-6,8-9H2,1-3H3. The molecule has 1 aliphatic carbocycles. The number of nitrogens with zero attached hydrogens (tertiary/aromatic N) is 1. The van der Waals surface area contributed by atoms with Gasteiger partial charge in [-0.3, -0.25) is 4.98 Å². The number of halogens is 1. The average Bonchev–Trinajstić information content (AvgIpc) is 2.38. The van der Waals surface area contributed by atoms with Crippen molar-refractivity contribution in [3.05, 3.63) is 29.8 Å². The first kappa shape index (κ1) is 14.4. The van der Waals surface area contributed by atoms with Crippen molar-refractivity contribution in [2.45, 2.75) is 52.5 Å². The van der Waals surface area contributed by atoms with Gasteiger partial charge in [0.05, 0.1) is 6.20 Å². The van der Waals surface area contributed by atoms with Crippen LogP contribution in [-0.2, 0) is 0 Å². The third kappa shape index (κ3) is 3.53. The topological polar surface area (TPSA) is 24.9 Å². The number of hydrogen-bond donors (Lipinski definition) is 1. The molecule has 0 amide bonds. The molecule has 0 bridgehead atoms. The maximum absolute atomic E-state index is 14.0. The van der Waals surface area contributed by atoms with Crippen LogP contribution in [0.4, 0.5) is 4.39 Å². The van der Waals surface area contributed by atoms with E-state index in [1.807, 2.05) is 6.07 Å². The molecule has 0 spiro atoms. The van der Waals surface area contributed by atoms with Gasteiger partial charge < -0.3 is 5.32 Å². The lowest BCUT2D eigenvalue weighted by atomic mass is 9.70. The van der Waals surface area contributed by atoms with Crippen LogP contribution in [0, 0.1) is 17.2 Å². The van der Waals surface area contributed by atoms with Crippen LogP contribution >= 0.6 is 0 Å². The van der Waals surface area contributed by atoms with Gasteiger partial charge >= 0.3 is 0 Å². The van der Waals surface area contributed by atoms with Crippen LogP contribution in [0.1, 0.15) is 58.1 Å². The molecule has 106 valence electrons. The highest BCUT2D eigenvalue weighted by atomic mass is 19.1. The van der Waals surface area contributed by atoms with Crippen LogP contribution in [0.2, 0.25) is 0 Å². The van der Waals surface area contributed by atoms with Crippen molar-refractivity contribution in [3.63, 3.8) is 0 Å². The average molecular weight is 264 g/mol. The number of aromatic nitrogens is 1. The molecule has 0 aliphatic heterocycles. The summed E-state index contributed by atoms with van der Waals surface area (Å²) in [5, 5.41) is 3.47. The number of nitrogens with one attached hydrogen (secondary N) is 1. The van der Waals surface area contributed by atoms with Gasteiger partial charge in [0.25, 0.3) is 0 Å². The first-order chi connectivity index (χ1) is 9.03. The van der Waals surface area contributed by atoms with Crippen molar-refractivity contribution in [1.82, 2.24) is 10.3 Å². The fourth-order valence-corrected chi connectivity index (χ4v) is 3.14. The van der Waals surface area contributed by atoms with Gasteiger partial charge in [-0.25, -0.2) is 4.39 Å². The second-order valence-electron chi connectivity index (χ2n) is 6.43. The van der Waals surface area contributed by atoms with Crippen LogP contribution in [-0.4, -0.2) is 11.5 Å². The van der Waals surface area contributed by atoms with Crippen molar-refractivity contribution in [1.29, 1.82) is 0 Å². The van der Waals surface area contributed by atoms with E-state index in [1.165, 1.54) is 31.9 Å². The molecule has 3 heteroatoms. The molecule has 2 nitrogen and oxygen atoms in total. The molecule has 0 aromatic carbocycles. The van der Waals surface area contributed by atoms with Gasteiger partial charge in [-0.05, 0) is 49.6 Å². The molecular formula is C16H25FN2. The van der Waals surface area contributed by atoms with Crippen molar-refractivity contribution in [2.24, 2.45) is 11.3 Å². The molecule has 1 fully saturated rings. The Bertz CT molecular complexity index is 407. The van der Waals surface area contributed by atoms with Gasteiger partial charge in [0.1, 0.15) is 5.82 Å². The van der Waals surface area contributed by atoms with Gasteiger partial charge in [0, 0.05) is 17.8 Å². The van der Waals surface area contributed by atoms with Gasteiger partial charge in [-0.2, -0.15) is 0 Å². The summed E-state index contributed by atoms with van der Waals surface area (Å²) < 4.78 is 14.0. The largest absolute Gasteiger partial charge is 0.310 e. The molecule has 0 saturated heterocycles. The van der Waals surface area contributed by atoms with E-state index in [0.29, 0.717) is 11.3 Å². The molecule has 19 heavy (non-hydrogen) atoms. The zero-order valence-electron chi connectivity index (χ0n) is 12.2. The van der Waals surface area contributed by atoms with E-state index in [4.69, 9.17) is 0 Å². The lowest BCUT2D eigenvalue weighted by molar-refractivity contribution is 0.160. The normalized spacial score (nSPS) is 21.3. The molecule has 0 radical (unpaired) electrons. The summed E-state index contributed by atoms with van der Waals surface area (Å²) in [7, 11) is 0. The first-order valence-corrected chi connectivity index (χ1v) is 7.36. The smallest absolute Gasteiger partial charge is 0.146 e. The summed E-state index contributed by atoms with van der Waals surface area (Å²) in [5.74, 6) is 0.350. The van der Waals surface area contributed by atoms with Crippen molar-refractivity contribution >= 4 is 0 Å². The van der Waals surface area contributed by atoms with E-state index in [9.17, 15) is 4.39 Å². The molecule has 1 N–H and O–H groups in total. The third-order valence-corrected chi connectivity index (χ3v) is 4.42. The maximum Gasteiger partial charge on any atom is 0.146 e. The quantitative estimate of drug-likeness (QED) is 0.886. The Morgan fingerprint density at radius 3 is 2.68 bits per heavy atom. The Hall–Kier alpha value is -0.960. The Morgan fingerprint density at radius 1 is 1.42 bits per heavy atom. The minimum absolute atomic E-state index is 0.129. The van der Waals surface area contributed by atoms with Crippen LogP contribution in [0.15, 0.2) is 18.5 Å². The second kappa shape index (κ2) is 6.00. The Kier molecular flexibility index (Phi) is 4.56. The number of pyridine rings is 1. The number of rotatable bonds is 4. The summed E-state index contributed by atoms with van der Waals surface area (Å²) in [4.78, 5) is 3.85. The van der Waals surface area contributed by atoms with E-state index in [0.717, 1.165) is 12.1 Å². The van der Waals surface area contributed by atoms with Crippen molar-refractivity contribution in [2.75, 3.05) is 6.54 Å². The first-order valence-electron chi connectivity index (χ1n) is 7.36. The van der Waals surface area contributed by atoms with E-state index >= 15 is 0 Å².